The molecule has 0 heterocycles. The minimum Gasteiger partial charge on any atom is -0.326 e. The molecule has 3 rings (SSSR count). The van der Waals surface area contributed by atoms with Crippen molar-refractivity contribution in [2.45, 2.75) is 38.6 Å². The van der Waals surface area contributed by atoms with E-state index in [-0.39, 0.29) is 11.8 Å². The Morgan fingerprint density at radius 1 is 1.25 bits per heavy atom. The lowest BCUT2D eigenvalue weighted by molar-refractivity contribution is -0.117. The Hall–Kier alpha value is -1.35. The van der Waals surface area contributed by atoms with E-state index >= 15 is 0 Å². The van der Waals surface area contributed by atoms with Crippen molar-refractivity contribution in [3.8, 4) is 0 Å². The minimum atomic E-state index is 0.233. The van der Waals surface area contributed by atoms with Crippen LogP contribution in [0.15, 0.2) is 24.3 Å². The van der Waals surface area contributed by atoms with Gasteiger partial charge in [-0.05, 0) is 56.3 Å². The van der Waals surface area contributed by atoms with E-state index in [1.165, 1.54) is 31.2 Å². The van der Waals surface area contributed by atoms with E-state index < -0.39 is 0 Å². The number of rotatable bonds is 4. The van der Waals surface area contributed by atoms with Crippen molar-refractivity contribution in [3.63, 3.8) is 0 Å². The first-order chi connectivity index (χ1) is 9.70. The van der Waals surface area contributed by atoms with Crippen molar-refractivity contribution >= 4 is 11.6 Å². The summed E-state index contributed by atoms with van der Waals surface area (Å²) < 4.78 is 0. The molecule has 3 atom stereocenters. The summed E-state index contributed by atoms with van der Waals surface area (Å²) in [5, 5.41) is 6.34. The summed E-state index contributed by atoms with van der Waals surface area (Å²) in [6.45, 7) is 2.12. The third-order valence-electron chi connectivity index (χ3n) is 5.05. The van der Waals surface area contributed by atoms with Crippen molar-refractivity contribution in [1.82, 2.24) is 5.32 Å². The number of hydrogen-bond acceptors (Lipinski definition) is 2. The molecule has 0 saturated heterocycles. The van der Waals surface area contributed by atoms with Crippen LogP contribution in [-0.2, 0) is 4.79 Å². The van der Waals surface area contributed by atoms with Gasteiger partial charge in [0.2, 0.25) is 5.91 Å². The summed E-state index contributed by atoms with van der Waals surface area (Å²) >= 11 is 0. The third kappa shape index (κ3) is 2.59. The molecule has 2 saturated carbocycles. The predicted octanol–water partition coefficient (Wildman–Crippen LogP) is 3.34. The quantitative estimate of drug-likeness (QED) is 0.882. The molecule has 0 bridgehead atoms. The van der Waals surface area contributed by atoms with Crippen LogP contribution in [0.2, 0.25) is 0 Å². The van der Waals surface area contributed by atoms with Crippen molar-refractivity contribution < 1.29 is 4.79 Å². The molecule has 1 amide bonds. The highest BCUT2D eigenvalue weighted by molar-refractivity contribution is 5.95. The molecule has 2 fully saturated rings. The molecule has 2 aliphatic rings. The number of hydrogen-bond donors (Lipinski definition) is 2. The summed E-state index contributed by atoms with van der Waals surface area (Å²) in [6, 6.07) is 8.46. The van der Waals surface area contributed by atoms with Crippen molar-refractivity contribution in [2.75, 3.05) is 12.4 Å². The van der Waals surface area contributed by atoms with Crippen LogP contribution >= 0.6 is 0 Å². The van der Waals surface area contributed by atoms with Crippen LogP contribution in [0.1, 0.15) is 44.2 Å². The fraction of sp³-hybridized carbons (Fsp3) is 0.588. The minimum absolute atomic E-state index is 0.233. The molecule has 2 aliphatic carbocycles. The topological polar surface area (TPSA) is 41.1 Å². The highest BCUT2D eigenvalue weighted by Gasteiger charge is 2.54. The third-order valence-corrected chi connectivity index (χ3v) is 5.05. The normalized spacial score (nSPS) is 29.4. The molecule has 3 nitrogen and oxygen atoms in total. The number of benzene rings is 1. The van der Waals surface area contributed by atoms with E-state index in [0.29, 0.717) is 17.9 Å². The van der Waals surface area contributed by atoms with Gasteiger partial charge in [-0.15, -0.1) is 0 Å². The Labute approximate surface area is 121 Å². The largest absolute Gasteiger partial charge is 0.326 e. The highest BCUT2D eigenvalue weighted by Crippen LogP contribution is 2.55. The summed E-state index contributed by atoms with van der Waals surface area (Å²) in [5.74, 6) is 1.85. The number of fused-ring (bicyclic) bond motifs is 1. The molecular formula is C17H24N2O. The van der Waals surface area contributed by atoms with Gasteiger partial charge in [0, 0.05) is 17.6 Å². The van der Waals surface area contributed by atoms with Crippen molar-refractivity contribution in [1.29, 1.82) is 0 Å². The zero-order valence-electron chi connectivity index (χ0n) is 12.4. The maximum absolute atomic E-state index is 12.4. The standard InChI is InChI=1S/C17H24N2O/c1-11(18-2)12-6-5-7-13(10-12)19-17(20)16-14-8-3-4-9-15(14)16/h5-7,10-11,14-16,18H,3-4,8-9H2,1-2H3,(H,19,20). The first kappa shape index (κ1) is 13.6. The van der Waals surface area contributed by atoms with Crippen LogP contribution in [0.3, 0.4) is 0 Å². The lowest BCUT2D eigenvalue weighted by atomic mass is 10.0. The van der Waals surface area contributed by atoms with Gasteiger partial charge in [-0.2, -0.15) is 0 Å². The Morgan fingerprint density at radius 3 is 2.60 bits per heavy atom. The van der Waals surface area contributed by atoms with Crippen LogP contribution in [0.5, 0.6) is 0 Å². The fourth-order valence-electron chi connectivity index (χ4n) is 3.66. The van der Waals surface area contributed by atoms with Crippen LogP contribution in [0, 0.1) is 17.8 Å². The fourth-order valence-corrected chi connectivity index (χ4v) is 3.66. The Bertz CT molecular complexity index is 488. The lowest BCUT2D eigenvalue weighted by Crippen LogP contribution is -2.16. The summed E-state index contributed by atoms with van der Waals surface area (Å²) in [5.41, 5.74) is 2.14. The van der Waals surface area contributed by atoms with Crippen molar-refractivity contribution in [3.05, 3.63) is 29.8 Å². The molecule has 1 aromatic carbocycles. The average molecular weight is 272 g/mol. The van der Waals surface area contributed by atoms with Gasteiger partial charge in [0.1, 0.15) is 0 Å². The maximum atomic E-state index is 12.4. The summed E-state index contributed by atoms with van der Waals surface area (Å²) in [4.78, 5) is 12.4. The molecule has 0 spiro atoms. The highest BCUT2D eigenvalue weighted by atomic mass is 16.2. The van der Waals surface area contributed by atoms with Gasteiger partial charge in [-0.3, -0.25) is 4.79 Å². The summed E-state index contributed by atoms with van der Waals surface area (Å²) in [7, 11) is 1.95. The molecule has 3 unspecified atom stereocenters. The number of amides is 1. The van der Waals surface area contributed by atoms with E-state index in [1.807, 2.05) is 19.2 Å². The van der Waals surface area contributed by atoms with E-state index in [0.717, 1.165) is 5.69 Å². The Kier molecular flexibility index (Phi) is 3.79. The van der Waals surface area contributed by atoms with Crippen LogP contribution < -0.4 is 10.6 Å². The second-order valence-electron chi connectivity index (χ2n) is 6.26. The van der Waals surface area contributed by atoms with Crippen LogP contribution in [0.4, 0.5) is 5.69 Å². The molecule has 0 aromatic heterocycles. The molecule has 0 radical (unpaired) electrons. The van der Waals surface area contributed by atoms with Gasteiger partial charge in [-0.1, -0.05) is 25.0 Å². The summed E-state index contributed by atoms with van der Waals surface area (Å²) in [6.07, 6.45) is 5.11. The molecular weight excluding hydrogens is 248 g/mol. The van der Waals surface area contributed by atoms with E-state index in [2.05, 4.69) is 29.7 Å². The zero-order chi connectivity index (χ0) is 14.1. The molecule has 108 valence electrons. The molecule has 1 aromatic rings. The number of nitrogens with one attached hydrogen (secondary N) is 2. The Morgan fingerprint density at radius 2 is 1.95 bits per heavy atom. The van der Waals surface area contributed by atoms with E-state index in [1.54, 1.807) is 0 Å². The number of carbonyl (C=O) groups excluding carboxylic acids is 1. The molecule has 2 N–H and O–H groups in total. The van der Waals surface area contributed by atoms with Gasteiger partial charge in [0.05, 0.1) is 0 Å². The SMILES string of the molecule is CNC(C)c1cccc(NC(=O)C2C3CCCCC32)c1. The van der Waals surface area contributed by atoms with Gasteiger partial charge in [0.25, 0.3) is 0 Å². The van der Waals surface area contributed by atoms with Crippen molar-refractivity contribution in [2.24, 2.45) is 17.8 Å². The average Bonchev–Trinajstić information content (AvgIpc) is 3.21. The lowest BCUT2D eigenvalue weighted by Gasteiger charge is -2.12. The first-order valence-corrected chi connectivity index (χ1v) is 7.79. The number of anilines is 1. The molecule has 3 heteroatoms. The smallest absolute Gasteiger partial charge is 0.228 e. The Balaban J connectivity index is 1.64. The zero-order valence-corrected chi connectivity index (χ0v) is 12.4. The van der Waals surface area contributed by atoms with Gasteiger partial charge in [-0.25, -0.2) is 0 Å². The molecule has 0 aliphatic heterocycles. The second kappa shape index (κ2) is 5.57. The predicted molar refractivity (Wildman–Crippen MR) is 81.5 cm³/mol. The molecule has 20 heavy (non-hydrogen) atoms. The van der Waals surface area contributed by atoms with Crippen LogP contribution in [0.25, 0.3) is 0 Å². The van der Waals surface area contributed by atoms with E-state index in [9.17, 15) is 4.79 Å². The van der Waals surface area contributed by atoms with Crippen LogP contribution in [-0.4, -0.2) is 13.0 Å². The van der Waals surface area contributed by atoms with Gasteiger partial charge < -0.3 is 10.6 Å². The first-order valence-electron chi connectivity index (χ1n) is 7.79. The second-order valence-corrected chi connectivity index (χ2v) is 6.26. The van der Waals surface area contributed by atoms with Gasteiger partial charge >= 0.3 is 0 Å². The monoisotopic (exact) mass is 272 g/mol. The van der Waals surface area contributed by atoms with Gasteiger partial charge in [0.15, 0.2) is 0 Å². The van der Waals surface area contributed by atoms with E-state index in [4.69, 9.17) is 0 Å². The maximum Gasteiger partial charge on any atom is 0.228 e. The number of carbonyl (C=O) groups is 1.